The van der Waals surface area contributed by atoms with Gasteiger partial charge in [-0.25, -0.2) is 0 Å². The highest BCUT2D eigenvalue weighted by molar-refractivity contribution is 7.80. The van der Waals surface area contributed by atoms with Crippen LogP contribution in [-0.4, -0.2) is 40.7 Å². The summed E-state index contributed by atoms with van der Waals surface area (Å²) in [7, 11) is 0. The molecule has 0 radical (unpaired) electrons. The van der Waals surface area contributed by atoms with Crippen LogP contribution in [0.5, 0.6) is 0 Å². The largest absolute Gasteiger partial charge is 0.395 e. The molecule has 1 saturated carbocycles. The Kier molecular flexibility index (Phi) is 5.83. The average Bonchev–Trinajstić information content (AvgIpc) is 2.14. The lowest BCUT2D eigenvalue weighted by Gasteiger charge is -2.37. The number of aliphatic hydroxyl groups is 1. The van der Waals surface area contributed by atoms with Gasteiger partial charge in [-0.2, -0.15) is 0 Å². The van der Waals surface area contributed by atoms with Crippen LogP contribution >= 0.6 is 12.2 Å². The first kappa shape index (κ1) is 14.9. The molecule has 0 saturated heterocycles. The lowest BCUT2D eigenvalue weighted by molar-refractivity contribution is 0.0977. The molecule has 0 atom stereocenters. The molecule has 0 aromatic carbocycles. The van der Waals surface area contributed by atoms with Gasteiger partial charge in [-0.05, 0) is 32.2 Å². The Morgan fingerprint density at radius 1 is 1.41 bits per heavy atom. The highest BCUT2D eigenvalue weighted by Gasteiger charge is 2.25. The summed E-state index contributed by atoms with van der Waals surface area (Å²) >= 11 is 5.07. The fourth-order valence-electron chi connectivity index (χ4n) is 2.20. The molecule has 0 heterocycles. The second-order valence-corrected chi connectivity index (χ2v) is 6.14. The number of nitrogens with two attached hydrogens (primary N) is 1. The van der Waals surface area contributed by atoms with Gasteiger partial charge < -0.3 is 10.8 Å². The molecular weight excluding hydrogens is 232 g/mol. The molecular formula is C13H26N2OS. The zero-order chi connectivity index (χ0) is 12.9. The van der Waals surface area contributed by atoms with E-state index >= 15 is 0 Å². The van der Waals surface area contributed by atoms with Crippen molar-refractivity contribution in [2.45, 2.75) is 52.0 Å². The minimum Gasteiger partial charge on any atom is -0.395 e. The van der Waals surface area contributed by atoms with E-state index in [-0.39, 0.29) is 12.0 Å². The summed E-state index contributed by atoms with van der Waals surface area (Å²) in [6.07, 6.45) is 6.04. The molecule has 3 nitrogen and oxygen atoms in total. The van der Waals surface area contributed by atoms with E-state index in [9.17, 15) is 0 Å². The number of thiocarbonyl (C=S) groups is 1. The summed E-state index contributed by atoms with van der Waals surface area (Å²) < 4.78 is 0. The summed E-state index contributed by atoms with van der Waals surface area (Å²) in [5.41, 5.74) is 5.68. The Balaban J connectivity index is 2.29. The van der Waals surface area contributed by atoms with Crippen LogP contribution in [0, 0.1) is 5.41 Å². The van der Waals surface area contributed by atoms with Crippen LogP contribution in [0.2, 0.25) is 0 Å². The van der Waals surface area contributed by atoms with Crippen molar-refractivity contribution in [1.82, 2.24) is 4.90 Å². The number of aliphatic hydroxyl groups excluding tert-OH is 1. The topological polar surface area (TPSA) is 49.5 Å². The van der Waals surface area contributed by atoms with Crippen molar-refractivity contribution in [2.24, 2.45) is 11.1 Å². The molecule has 1 aliphatic carbocycles. The predicted molar refractivity (Wildman–Crippen MR) is 76.1 cm³/mol. The van der Waals surface area contributed by atoms with Crippen LogP contribution in [0.3, 0.4) is 0 Å². The first-order chi connectivity index (χ1) is 7.97. The van der Waals surface area contributed by atoms with Gasteiger partial charge in [0.15, 0.2) is 0 Å². The van der Waals surface area contributed by atoms with E-state index in [0.29, 0.717) is 11.0 Å². The molecule has 0 aliphatic heterocycles. The van der Waals surface area contributed by atoms with Gasteiger partial charge in [-0.15, -0.1) is 0 Å². The average molecular weight is 258 g/mol. The lowest BCUT2D eigenvalue weighted by atomic mass is 9.87. The fraction of sp³-hybridized carbons (Fsp3) is 0.923. The van der Waals surface area contributed by atoms with E-state index < -0.39 is 0 Å². The maximum atomic E-state index is 9.07. The molecule has 100 valence electrons. The van der Waals surface area contributed by atoms with Gasteiger partial charge in [0.25, 0.3) is 0 Å². The van der Waals surface area contributed by atoms with Crippen LogP contribution in [0.25, 0.3) is 0 Å². The van der Waals surface area contributed by atoms with Crippen LogP contribution < -0.4 is 5.73 Å². The minimum atomic E-state index is -0.0418. The van der Waals surface area contributed by atoms with E-state index in [1.165, 1.54) is 19.3 Å². The van der Waals surface area contributed by atoms with Gasteiger partial charge in [0.1, 0.15) is 0 Å². The van der Waals surface area contributed by atoms with Crippen molar-refractivity contribution in [2.75, 3.05) is 19.7 Å². The van der Waals surface area contributed by atoms with Crippen LogP contribution in [0.15, 0.2) is 0 Å². The summed E-state index contributed by atoms with van der Waals surface area (Å²) in [5, 5.41) is 9.07. The number of hydrogen-bond donors (Lipinski definition) is 2. The van der Waals surface area contributed by atoms with Gasteiger partial charge in [0.05, 0.1) is 11.6 Å². The molecule has 0 aromatic heterocycles. The maximum absolute atomic E-state index is 9.07. The van der Waals surface area contributed by atoms with E-state index in [0.717, 1.165) is 25.9 Å². The van der Waals surface area contributed by atoms with Gasteiger partial charge in [-0.1, -0.05) is 32.5 Å². The maximum Gasteiger partial charge on any atom is 0.0784 e. The molecule has 17 heavy (non-hydrogen) atoms. The molecule has 0 aromatic rings. The lowest BCUT2D eigenvalue weighted by Crippen LogP contribution is -2.42. The van der Waals surface area contributed by atoms with E-state index in [1.807, 2.05) is 0 Å². The minimum absolute atomic E-state index is 0.0418. The monoisotopic (exact) mass is 258 g/mol. The second kappa shape index (κ2) is 6.66. The smallest absolute Gasteiger partial charge is 0.0784 e. The fourth-order valence-corrected chi connectivity index (χ4v) is 2.31. The van der Waals surface area contributed by atoms with E-state index in [1.54, 1.807) is 0 Å². The number of nitrogens with zero attached hydrogens (tertiary/aromatic N) is 1. The van der Waals surface area contributed by atoms with Crippen molar-refractivity contribution < 1.29 is 5.11 Å². The van der Waals surface area contributed by atoms with Gasteiger partial charge in [0.2, 0.25) is 0 Å². The molecule has 0 bridgehead atoms. The molecule has 0 amide bonds. The van der Waals surface area contributed by atoms with Gasteiger partial charge in [0, 0.05) is 18.0 Å². The molecule has 0 spiro atoms. The first-order valence-corrected chi connectivity index (χ1v) is 7.03. The SMILES string of the molecule is CC(C)(CCCN(CCO)C1CCC1)C(N)=S. The summed E-state index contributed by atoms with van der Waals surface area (Å²) in [6.45, 7) is 6.33. The van der Waals surface area contributed by atoms with Crippen LogP contribution in [0.1, 0.15) is 46.0 Å². The molecule has 1 rings (SSSR count). The second-order valence-electron chi connectivity index (χ2n) is 5.70. The van der Waals surface area contributed by atoms with Gasteiger partial charge >= 0.3 is 0 Å². The van der Waals surface area contributed by atoms with Crippen molar-refractivity contribution >= 4 is 17.2 Å². The van der Waals surface area contributed by atoms with Crippen molar-refractivity contribution in [3.8, 4) is 0 Å². The van der Waals surface area contributed by atoms with Crippen LogP contribution in [0.4, 0.5) is 0 Å². The van der Waals surface area contributed by atoms with Gasteiger partial charge in [-0.3, -0.25) is 4.90 Å². The Morgan fingerprint density at radius 2 is 2.06 bits per heavy atom. The molecule has 1 aliphatic rings. The van der Waals surface area contributed by atoms with Crippen molar-refractivity contribution in [3.05, 3.63) is 0 Å². The molecule has 1 fully saturated rings. The molecule has 0 unspecified atom stereocenters. The summed E-state index contributed by atoms with van der Waals surface area (Å²) in [4.78, 5) is 3.02. The third-order valence-corrected chi connectivity index (χ3v) is 4.45. The first-order valence-electron chi connectivity index (χ1n) is 6.62. The summed E-state index contributed by atoms with van der Waals surface area (Å²) in [6, 6.07) is 0.704. The van der Waals surface area contributed by atoms with Crippen molar-refractivity contribution in [3.63, 3.8) is 0 Å². The Hall–Kier alpha value is -0.190. The standard InChI is InChI=1S/C13H26N2OS/c1-13(2,12(14)17)7-4-8-15(9-10-16)11-5-3-6-11/h11,16H,3-10H2,1-2H3,(H2,14,17). The van der Waals surface area contributed by atoms with E-state index in [2.05, 4.69) is 18.7 Å². The zero-order valence-corrected chi connectivity index (χ0v) is 11.9. The predicted octanol–water partition coefficient (Wildman–Crippen LogP) is 1.93. The number of hydrogen-bond acceptors (Lipinski definition) is 3. The third kappa shape index (κ3) is 4.53. The highest BCUT2D eigenvalue weighted by Crippen LogP contribution is 2.27. The molecule has 4 heteroatoms. The third-order valence-electron chi connectivity index (χ3n) is 3.89. The summed E-state index contributed by atoms with van der Waals surface area (Å²) in [5.74, 6) is 0. The quantitative estimate of drug-likeness (QED) is 0.653. The highest BCUT2D eigenvalue weighted by atomic mass is 32.1. The van der Waals surface area contributed by atoms with E-state index in [4.69, 9.17) is 23.1 Å². The zero-order valence-electron chi connectivity index (χ0n) is 11.1. The number of rotatable bonds is 8. The molecule has 3 N–H and O–H groups in total. The Bertz CT molecular complexity index is 252. The Labute approximate surface area is 110 Å². The Morgan fingerprint density at radius 3 is 2.47 bits per heavy atom. The van der Waals surface area contributed by atoms with Crippen LogP contribution in [-0.2, 0) is 0 Å². The normalized spacial score (nSPS) is 17.2. The van der Waals surface area contributed by atoms with Crippen molar-refractivity contribution in [1.29, 1.82) is 0 Å².